The van der Waals surface area contributed by atoms with Gasteiger partial charge in [0.1, 0.15) is 0 Å². The fourth-order valence-corrected chi connectivity index (χ4v) is 2.23. The molecule has 1 aliphatic heterocycles. The standard InChI is InChI=1S/C12H17N3O2/c1-8-4-3-7-15(8)11-10(13)9(5-6-14-11)12(16)17-2/h5-6,8H,3-4,7,13H2,1-2H3. The number of rotatable bonds is 2. The molecule has 1 aliphatic rings. The third kappa shape index (κ3) is 2.05. The summed E-state index contributed by atoms with van der Waals surface area (Å²) in [5, 5.41) is 0. The molecule has 2 heterocycles. The van der Waals surface area contributed by atoms with E-state index in [-0.39, 0.29) is 0 Å². The Morgan fingerprint density at radius 1 is 1.65 bits per heavy atom. The number of hydrogen-bond acceptors (Lipinski definition) is 5. The summed E-state index contributed by atoms with van der Waals surface area (Å²) in [7, 11) is 1.35. The third-order valence-electron chi connectivity index (χ3n) is 3.20. The molecule has 5 heteroatoms. The van der Waals surface area contributed by atoms with Crippen molar-refractivity contribution >= 4 is 17.5 Å². The van der Waals surface area contributed by atoms with Gasteiger partial charge in [-0.05, 0) is 25.8 Å². The number of esters is 1. The van der Waals surface area contributed by atoms with E-state index in [1.807, 2.05) is 0 Å². The van der Waals surface area contributed by atoms with Gasteiger partial charge < -0.3 is 15.4 Å². The molecule has 2 N–H and O–H groups in total. The zero-order valence-electron chi connectivity index (χ0n) is 10.1. The maximum absolute atomic E-state index is 11.5. The van der Waals surface area contributed by atoms with Crippen LogP contribution in [0.2, 0.25) is 0 Å². The number of carbonyl (C=O) groups excluding carboxylic acids is 1. The molecule has 1 atom stereocenters. The van der Waals surface area contributed by atoms with E-state index in [9.17, 15) is 4.79 Å². The quantitative estimate of drug-likeness (QED) is 0.785. The molecular weight excluding hydrogens is 218 g/mol. The Balaban J connectivity index is 2.38. The molecular formula is C12H17N3O2. The van der Waals surface area contributed by atoms with Crippen molar-refractivity contribution in [3.8, 4) is 0 Å². The molecule has 0 aromatic carbocycles. The van der Waals surface area contributed by atoms with Crippen molar-refractivity contribution < 1.29 is 9.53 Å². The number of carbonyl (C=O) groups is 1. The number of methoxy groups -OCH3 is 1. The second-order valence-electron chi connectivity index (χ2n) is 4.27. The first kappa shape index (κ1) is 11.7. The lowest BCUT2D eigenvalue weighted by Gasteiger charge is -2.24. The number of ether oxygens (including phenoxy) is 1. The molecule has 1 unspecified atom stereocenters. The molecule has 0 spiro atoms. The lowest BCUT2D eigenvalue weighted by Crippen LogP contribution is -2.28. The molecule has 92 valence electrons. The number of nitrogens with two attached hydrogens (primary N) is 1. The van der Waals surface area contributed by atoms with Crippen molar-refractivity contribution in [2.45, 2.75) is 25.8 Å². The summed E-state index contributed by atoms with van der Waals surface area (Å²) < 4.78 is 4.70. The van der Waals surface area contributed by atoms with Crippen molar-refractivity contribution in [1.82, 2.24) is 4.98 Å². The van der Waals surface area contributed by atoms with Crippen LogP contribution in [-0.2, 0) is 4.74 Å². The molecule has 1 aromatic rings. The molecule has 0 amide bonds. The molecule has 1 fully saturated rings. The van der Waals surface area contributed by atoms with Gasteiger partial charge in [-0.2, -0.15) is 0 Å². The second-order valence-corrected chi connectivity index (χ2v) is 4.27. The fraction of sp³-hybridized carbons (Fsp3) is 0.500. The average Bonchev–Trinajstić information content (AvgIpc) is 2.75. The van der Waals surface area contributed by atoms with Gasteiger partial charge in [-0.1, -0.05) is 0 Å². The normalized spacial score (nSPS) is 19.4. The summed E-state index contributed by atoms with van der Waals surface area (Å²) in [4.78, 5) is 18.0. The molecule has 0 radical (unpaired) electrons. The number of aromatic nitrogens is 1. The zero-order chi connectivity index (χ0) is 12.4. The molecule has 1 saturated heterocycles. The molecule has 0 saturated carbocycles. The minimum absolute atomic E-state index is 0.386. The molecule has 1 aromatic heterocycles. The highest BCUT2D eigenvalue weighted by molar-refractivity contribution is 5.97. The van der Waals surface area contributed by atoms with E-state index in [2.05, 4.69) is 16.8 Å². The Morgan fingerprint density at radius 2 is 2.41 bits per heavy atom. The number of nitrogens with zero attached hydrogens (tertiary/aromatic N) is 2. The Morgan fingerprint density at radius 3 is 3.00 bits per heavy atom. The van der Waals surface area contributed by atoms with Gasteiger partial charge >= 0.3 is 5.97 Å². The highest BCUT2D eigenvalue weighted by atomic mass is 16.5. The predicted molar refractivity (Wildman–Crippen MR) is 66.0 cm³/mol. The first-order valence-corrected chi connectivity index (χ1v) is 5.74. The average molecular weight is 235 g/mol. The van der Waals surface area contributed by atoms with Gasteiger partial charge in [0.25, 0.3) is 0 Å². The monoisotopic (exact) mass is 235 g/mol. The summed E-state index contributed by atoms with van der Waals surface area (Å²) in [6, 6.07) is 2.00. The number of pyridine rings is 1. The highest BCUT2D eigenvalue weighted by Gasteiger charge is 2.25. The van der Waals surface area contributed by atoms with Gasteiger partial charge in [-0.15, -0.1) is 0 Å². The van der Waals surface area contributed by atoms with Crippen LogP contribution in [0.25, 0.3) is 0 Å². The van der Waals surface area contributed by atoms with Crippen LogP contribution in [0.15, 0.2) is 12.3 Å². The number of hydrogen-bond donors (Lipinski definition) is 1. The fourth-order valence-electron chi connectivity index (χ4n) is 2.23. The summed E-state index contributed by atoms with van der Waals surface area (Å²) in [5.41, 5.74) is 6.79. The van der Waals surface area contributed by atoms with Gasteiger partial charge in [-0.25, -0.2) is 9.78 Å². The van der Waals surface area contributed by atoms with Crippen LogP contribution in [-0.4, -0.2) is 30.6 Å². The predicted octanol–water partition coefficient (Wildman–Crippen LogP) is 1.44. The van der Waals surface area contributed by atoms with Crippen LogP contribution < -0.4 is 10.6 Å². The van der Waals surface area contributed by atoms with E-state index >= 15 is 0 Å². The van der Waals surface area contributed by atoms with E-state index < -0.39 is 5.97 Å². The highest BCUT2D eigenvalue weighted by Crippen LogP contribution is 2.30. The van der Waals surface area contributed by atoms with Gasteiger partial charge in [0.15, 0.2) is 5.82 Å². The van der Waals surface area contributed by atoms with Gasteiger partial charge in [0.05, 0.1) is 18.4 Å². The van der Waals surface area contributed by atoms with Crippen molar-refractivity contribution in [1.29, 1.82) is 0 Å². The smallest absolute Gasteiger partial charge is 0.340 e. The Hall–Kier alpha value is -1.78. The maximum atomic E-state index is 11.5. The SMILES string of the molecule is COC(=O)c1ccnc(N2CCCC2C)c1N. The van der Waals surface area contributed by atoms with Crippen LogP contribution in [0.5, 0.6) is 0 Å². The van der Waals surface area contributed by atoms with E-state index in [0.29, 0.717) is 23.1 Å². The van der Waals surface area contributed by atoms with E-state index in [1.165, 1.54) is 7.11 Å². The van der Waals surface area contributed by atoms with Crippen molar-refractivity contribution in [2.75, 3.05) is 24.3 Å². The minimum Gasteiger partial charge on any atom is -0.465 e. The third-order valence-corrected chi connectivity index (χ3v) is 3.20. The molecule has 17 heavy (non-hydrogen) atoms. The Bertz CT molecular complexity index is 434. The first-order valence-electron chi connectivity index (χ1n) is 5.74. The lowest BCUT2D eigenvalue weighted by molar-refractivity contribution is 0.0602. The van der Waals surface area contributed by atoms with Crippen molar-refractivity contribution in [3.63, 3.8) is 0 Å². The van der Waals surface area contributed by atoms with Crippen molar-refractivity contribution in [3.05, 3.63) is 17.8 Å². The van der Waals surface area contributed by atoms with Gasteiger partial charge in [-0.3, -0.25) is 0 Å². The maximum Gasteiger partial charge on any atom is 0.340 e. The molecule has 2 rings (SSSR count). The minimum atomic E-state index is -0.419. The van der Waals surface area contributed by atoms with Crippen molar-refractivity contribution in [2.24, 2.45) is 0 Å². The van der Waals surface area contributed by atoms with Crippen LogP contribution in [0.3, 0.4) is 0 Å². The van der Waals surface area contributed by atoms with Crippen LogP contribution >= 0.6 is 0 Å². The Kier molecular flexibility index (Phi) is 3.17. The van der Waals surface area contributed by atoms with E-state index in [4.69, 9.17) is 10.5 Å². The van der Waals surface area contributed by atoms with Crippen LogP contribution in [0, 0.1) is 0 Å². The topological polar surface area (TPSA) is 68.5 Å². The Labute approximate surface area is 101 Å². The molecule has 5 nitrogen and oxygen atoms in total. The zero-order valence-corrected chi connectivity index (χ0v) is 10.1. The first-order chi connectivity index (χ1) is 8.15. The van der Waals surface area contributed by atoms with Crippen LogP contribution in [0.4, 0.5) is 11.5 Å². The molecule has 0 aliphatic carbocycles. The van der Waals surface area contributed by atoms with Gasteiger partial charge in [0.2, 0.25) is 0 Å². The van der Waals surface area contributed by atoms with Gasteiger partial charge in [0, 0.05) is 18.8 Å². The van der Waals surface area contributed by atoms with E-state index in [1.54, 1.807) is 12.3 Å². The molecule has 0 bridgehead atoms. The van der Waals surface area contributed by atoms with Crippen LogP contribution in [0.1, 0.15) is 30.1 Å². The largest absolute Gasteiger partial charge is 0.465 e. The summed E-state index contributed by atoms with van der Waals surface area (Å²) >= 11 is 0. The second kappa shape index (κ2) is 4.61. The summed E-state index contributed by atoms with van der Waals surface area (Å²) in [6.07, 6.45) is 3.86. The lowest BCUT2D eigenvalue weighted by atomic mass is 10.2. The summed E-state index contributed by atoms with van der Waals surface area (Å²) in [6.45, 7) is 3.07. The number of anilines is 2. The number of nitrogen functional groups attached to an aromatic ring is 1. The summed E-state index contributed by atoms with van der Waals surface area (Å²) in [5.74, 6) is 0.274. The van der Waals surface area contributed by atoms with E-state index in [0.717, 1.165) is 19.4 Å².